The van der Waals surface area contributed by atoms with Crippen LogP contribution in [0.25, 0.3) is 0 Å². The Bertz CT molecular complexity index is 681. The fraction of sp³-hybridized carbons (Fsp3) is 0.467. The van der Waals surface area contributed by atoms with Crippen LogP contribution in [-0.2, 0) is 19.6 Å². The number of rotatable bonds is 7. The van der Waals surface area contributed by atoms with Gasteiger partial charge < -0.3 is 10.6 Å². The molecule has 1 aliphatic rings. The van der Waals surface area contributed by atoms with Gasteiger partial charge in [-0.2, -0.15) is 0 Å². The summed E-state index contributed by atoms with van der Waals surface area (Å²) in [5, 5.41) is 5.45. The molecule has 1 fully saturated rings. The van der Waals surface area contributed by atoms with Gasteiger partial charge in [0.15, 0.2) is 0 Å². The largest absolute Gasteiger partial charge is 0.353 e. The average molecular weight is 339 g/mol. The van der Waals surface area contributed by atoms with Crippen molar-refractivity contribution >= 4 is 33.2 Å². The average Bonchev–Trinajstić information content (AvgIpc) is 3.22. The highest BCUT2D eigenvalue weighted by molar-refractivity contribution is 7.92. The maximum Gasteiger partial charge on any atom is 0.232 e. The van der Waals surface area contributed by atoms with E-state index in [0.717, 1.165) is 19.1 Å². The Morgan fingerprint density at radius 2 is 1.83 bits per heavy atom. The first kappa shape index (κ1) is 17.3. The van der Waals surface area contributed by atoms with Gasteiger partial charge in [0.05, 0.1) is 11.9 Å². The molecule has 0 heterocycles. The van der Waals surface area contributed by atoms with Crippen LogP contribution in [0.15, 0.2) is 24.3 Å². The summed E-state index contributed by atoms with van der Waals surface area (Å²) in [5.74, 6) is -0.342. The number of amides is 2. The Morgan fingerprint density at radius 3 is 2.30 bits per heavy atom. The standard InChI is InChI=1S/C15H21N3O4S/c1-11(19)16-12-5-7-14(8-6-12)18(23(2,21)22)10-9-15(20)17-13-3-4-13/h5-8,13H,3-4,9-10H2,1-2H3,(H,16,19)(H,17,20). The van der Waals surface area contributed by atoms with Gasteiger partial charge in [-0.1, -0.05) is 0 Å². The van der Waals surface area contributed by atoms with Gasteiger partial charge in [0, 0.05) is 31.6 Å². The summed E-state index contributed by atoms with van der Waals surface area (Å²) in [6.45, 7) is 1.48. The molecule has 0 radical (unpaired) electrons. The number of sulfonamides is 1. The highest BCUT2D eigenvalue weighted by Gasteiger charge is 2.24. The van der Waals surface area contributed by atoms with Crippen LogP contribution in [0.2, 0.25) is 0 Å². The van der Waals surface area contributed by atoms with Gasteiger partial charge in [-0.3, -0.25) is 13.9 Å². The summed E-state index contributed by atoms with van der Waals surface area (Å²) in [6, 6.07) is 6.71. The van der Waals surface area contributed by atoms with Crippen LogP contribution < -0.4 is 14.9 Å². The van der Waals surface area contributed by atoms with Crippen LogP contribution in [0.3, 0.4) is 0 Å². The third-order valence-corrected chi connectivity index (χ3v) is 4.55. The van der Waals surface area contributed by atoms with Crippen molar-refractivity contribution in [1.82, 2.24) is 5.32 Å². The van der Waals surface area contributed by atoms with E-state index in [1.807, 2.05) is 0 Å². The number of hydrogen-bond acceptors (Lipinski definition) is 4. The first-order valence-corrected chi connectivity index (χ1v) is 9.25. The van der Waals surface area contributed by atoms with E-state index in [2.05, 4.69) is 10.6 Å². The van der Waals surface area contributed by atoms with E-state index in [-0.39, 0.29) is 30.8 Å². The molecule has 0 atom stereocenters. The van der Waals surface area contributed by atoms with Crippen molar-refractivity contribution in [2.75, 3.05) is 22.4 Å². The first-order valence-electron chi connectivity index (χ1n) is 7.40. The van der Waals surface area contributed by atoms with E-state index >= 15 is 0 Å². The van der Waals surface area contributed by atoms with Crippen molar-refractivity contribution in [2.45, 2.75) is 32.2 Å². The number of carbonyl (C=O) groups is 2. The number of anilines is 2. The van der Waals surface area contributed by atoms with Gasteiger partial charge in [0.2, 0.25) is 21.8 Å². The Morgan fingerprint density at radius 1 is 1.22 bits per heavy atom. The molecule has 1 saturated carbocycles. The molecule has 23 heavy (non-hydrogen) atoms. The minimum absolute atomic E-state index is 0.0802. The second-order valence-corrected chi connectivity index (χ2v) is 7.56. The zero-order chi connectivity index (χ0) is 17.0. The van der Waals surface area contributed by atoms with E-state index in [4.69, 9.17) is 0 Å². The molecule has 0 aliphatic heterocycles. The monoisotopic (exact) mass is 339 g/mol. The molecule has 0 bridgehead atoms. The molecular weight excluding hydrogens is 318 g/mol. The van der Waals surface area contributed by atoms with Gasteiger partial charge in [-0.05, 0) is 37.1 Å². The molecule has 1 aromatic rings. The van der Waals surface area contributed by atoms with Crippen LogP contribution in [-0.4, -0.2) is 39.1 Å². The third-order valence-electron chi connectivity index (χ3n) is 3.36. The summed E-state index contributed by atoms with van der Waals surface area (Å²) in [6.07, 6.45) is 3.20. The molecule has 8 heteroatoms. The Labute approximate surface area is 136 Å². The molecular formula is C15H21N3O4S. The van der Waals surface area contributed by atoms with E-state index in [1.54, 1.807) is 24.3 Å². The van der Waals surface area contributed by atoms with Crippen molar-refractivity contribution in [1.29, 1.82) is 0 Å². The number of hydrogen-bond donors (Lipinski definition) is 2. The predicted octanol–water partition coefficient (Wildman–Crippen LogP) is 1.08. The second kappa shape index (κ2) is 6.99. The Hall–Kier alpha value is -2.09. The van der Waals surface area contributed by atoms with Crippen molar-refractivity contribution in [3.05, 3.63) is 24.3 Å². The maximum absolute atomic E-state index is 12.0. The number of nitrogens with zero attached hydrogens (tertiary/aromatic N) is 1. The van der Waals surface area contributed by atoms with Crippen LogP contribution in [0, 0.1) is 0 Å². The van der Waals surface area contributed by atoms with Crippen molar-refractivity contribution in [3.8, 4) is 0 Å². The fourth-order valence-electron chi connectivity index (χ4n) is 2.13. The van der Waals surface area contributed by atoms with E-state index in [1.165, 1.54) is 11.2 Å². The lowest BCUT2D eigenvalue weighted by atomic mass is 10.2. The Balaban J connectivity index is 2.05. The van der Waals surface area contributed by atoms with Gasteiger partial charge >= 0.3 is 0 Å². The molecule has 126 valence electrons. The maximum atomic E-state index is 12.0. The lowest BCUT2D eigenvalue weighted by Gasteiger charge is -2.22. The second-order valence-electron chi connectivity index (χ2n) is 5.65. The first-order chi connectivity index (χ1) is 10.8. The highest BCUT2D eigenvalue weighted by Crippen LogP contribution is 2.21. The SMILES string of the molecule is CC(=O)Nc1ccc(N(CCC(=O)NC2CC2)S(C)(=O)=O)cc1. The Kier molecular flexibility index (Phi) is 5.25. The zero-order valence-corrected chi connectivity index (χ0v) is 14.0. The highest BCUT2D eigenvalue weighted by atomic mass is 32.2. The minimum Gasteiger partial charge on any atom is -0.353 e. The quantitative estimate of drug-likeness (QED) is 0.777. The van der Waals surface area contributed by atoms with Crippen LogP contribution >= 0.6 is 0 Å². The lowest BCUT2D eigenvalue weighted by Crippen LogP contribution is -2.35. The molecule has 2 amide bonds. The van der Waals surface area contributed by atoms with Crippen LogP contribution in [0.1, 0.15) is 26.2 Å². The topological polar surface area (TPSA) is 95.6 Å². The zero-order valence-electron chi connectivity index (χ0n) is 13.2. The van der Waals surface area contributed by atoms with Gasteiger partial charge in [0.1, 0.15) is 0 Å². The molecule has 7 nitrogen and oxygen atoms in total. The summed E-state index contributed by atoms with van der Waals surface area (Å²) >= 11 is 0. The molecule has 1 aliphatic carbocycles. The lowest BCUT2D eigenvalue weighted by molar-refractivity contribution is -0.121. The van der Waals surface area contributed by atoms with E-state index in [9.17, 15) is 18.0 Å². The summed E-state index contributed by atoms with van der Waals surface area (Å²) in [7, 11) is -3.50. The van der Waals surface area contributed by atoms with Crippen molar-refractivity contribution < 1.29 is 18.0 Å². The fourth-order valence-corrected chi connectivity index (χ4v) is 3.06. The van der Waals surface area contributed by atoms with Gasteiger partial charge in [-0.15, -0.1) is 0 Å². The number of nitrogens with one attached hydrogen (secondary N) is 2. The van der Waals surface area contributed by atoms with Gasteiger partial charge in [0.25, 0.3) is 0 Å². The normalized spacial score (nSPS) is 14.2. The number of carbonyl (C=O) groups excluding carboxylic acids is 2. The van der Waals surface area contributed by atoms with E-state index < -0.39 is 10.0 Å². The third kappa shape index (κ3) is 5.55. The minimum atomic E-state index is -3.50. The predicted molar refractivity (Wildman–Crippen MR) is 88.7 cm³/mol. The smallest absolute Gasteiger partial charge is 0.232 e. The summed E-state index contributed by atoms with van der Waals surface area (Å²) in [4.78, 5) is 22.8. The molecule has 0 unspecified atom stereocenters. The molecule has 2 N–H and O–H groups in total. The summed E-state index contributed by atoms with van der Waals surface area (Å²) < 4.78 is 25.1. The van der Waals surface area contributed by atoms with Gasteiger partial charge in [-0.25, -0.2) is 8.42 Å². The van der Waals surface area contributed by atoms with Crippen LogP contribution in [0.5, 0.6) is 0 Å². The van der Waals surface area contributed by atoms with Crippen molar-refractivity contribution in [3.63, 3.8) is 0 Å². The number of benzene rings is 1. The summed E-state index contributed by atoms with van der Waals surface area (Å²) in [5.41, 5.74) is 1.04. The molecule has 0 saturated heterocycles. The van der Waals surface area contributed by atoms with Crippen LogP contribution in [0.4, 0.5) is 11.4 Å². The molecule has 0 aromatic heterocycles. The molecule has 2 rings (SSSR count). The molecule has 1 aromatic carbocycles. The molecule has 0 spiro atoms. The van der Waals surface area contributed by atoms with Crippen molar-refractivity contribution in [2.24, 2.45) is 0 Å². The van der Waals surface area contributed by atoms with E-state index in [0.29, 0.717) is 11.4 Å².